The first-order chi connectivity index (χ1) is 11.7. The predicted molar refractivity (Wildman–Crippen MR) is 99.7 cm³/mol. The van der Waals surface area contributed by atoms with Crippen LogP contribution >= 0.6 is 11.6 Å². The molecule has 2 N–H and O–H groups in total. The van der Waals surface area contributed by atoms with E-state index in [0.717, 1.165) is 29.2 Å². The number of aromatic amines is 1. The number of H-pyrrole nitrogens is 1. The second kappa shape index (κ2) is 6.13. The maximum atomic E-state index is 6.14. The lowest BCUT2D eigenvalue weighted by Gasteiger charge is -2.30. The number of halogens is 1. The summed E-state index contributed by atoms with van der Waals surface area (Å²) < 4.78 is 0. The van der Waals surface area contributed by atoms with Gasteiger partial charge in [0.25, 0.3) is 0 Å². The Morgan fingerprint density at radius 3 is 2.75 bits per heavy atom. The second-order valence-electron chi connectivity index (χ2n) is 6.01. The Morgan fingerprint density at radius 1 is 1.08 bits per heavy atom. The Labute approximate surface area is 146 Å². The SMILES string of the molecule is Cc1ccc(N2NC=CN2CCc2c[nH]c3ccc(Cl)cc23)cc1. The first kappa shape index (κ1) is 15.0. The van der Waals surface area contributed by atoms with Gasteiger partial charge in [-0.05, 0) is 49.2 Å². The number of hydrogen-bond donors (Lipinski definition) is 2. The number of rotatable bonds is 4. The van der Waals surface area contributed by atoms with Gasteiger partial charge < -0.3 is 4.98 Å². The standard InChI is InChI=1S/C19H19ClN4/c1-14-2-5-17(6-3-14)24-22-9-11-23(24)10-8-15-13-21-19-7-4-16(20)12-18(15)19/h2-7,9,11-13,21-22H,8,10H2,1H3. The smallest absolute Gasteiger partial charge is 0.0813 e. The van der Waals surface area contributed by atoms with Gasteiger partial charge in [-0.25, -0.2) is 0 Å². The van der Waals surface area contributed by atoms with Crippen LogP contribution in [-0.2, 0) is 6.42 Å². The molecule has 0 fully saturated rings. The number of hydrazine groups is 2. The van der Waals surface area contributed by atoms with E-state index < -0.39 is 0 Å². The summed E-state index contributed by atoms with van der Waals surface area (Å²) in [5.74, 6) is 0. The molecular weight excluding hydrogens is 320 g/mol. The molecule has 1 aliphatic rings. The molecule has 0 bridgehead atoms. The van der Waals surface area contributed by atoms with Crippen LogP contribution in [0.15, 0.2) is 61.1 Å². The first-order valence-electron chi connectivity index (χ1n) is 8.02. The highest BCUT2D eigenvalue weighted by atomic mass is 35.5. The summed E-state index contributed by atoms with van der Waals surface area (Å²) >= 11 is 6.14. The lowest BCUT2D eigenvalue weighted by atomic mass is 10.1. The average molecular weight is 339 g/mol. The van der Waals surface area contributed by atoms with Crippen LogP contribution in [0.5, 0.6) is 0 Å². The van der Waals surface area contributed by atoms with Crippen LogP contribution in [0.1, 0.15) is 11.1 Å². The average Bonchev–Trinajstić information content (AvgIpc) is 3.20. The molecule has 0 aliphatic carbocycles. The topological polar surface area (TPSA) is 34.3 Å². The van der Waals surface area contributed by atoms with E-state index in [0.29, 0.717) is 0 Å². The van der Waals surface area contributed by atoms with Crippen LogP contribution in [0.25, 0.3) is 10.9 Å². The number of hydrogen-bond acceptors (Lipinski definition) is 3. The fraction of sp³-hybridized carbons (Fsp3) is 0.158. The number of fused-ring (bicyclic) bond motifs is 1. The van der Waals surface area contributed by atoms with Crippen LogP contribution in [0.2, 0.25) is 5.02 Å². The summed E-state index contributed by atoms with van der Waals surface area (Å²) in [6, 6.07) is 14.4. The van der Waals surface area contributed by atoms with E-state index in [1.54, 1.807) is 0 Å². The summed E-state index contributed by atoms with van der Waals surface area (Å²) in [5, 5.41) is 6.20. The molecule has 1 aliphatic heterocycles. The molecule has 0 spiro atoms. The van der Waals surface area contributed by atoms with E-state index in [-0.39, 0.29) is 0 Å². The molecule has 2 heterocycles. The Kier molecular flexibility index (Phi) is 3.82. The quantitative estimate of drug-likeness (QED) is 0.740. The Balaban J connectivity index is 1.50. The lowest BCUT2D eigenvalue weighted by Crippen LogP contribution is -2.42. The maximum Gasteiger partial charge on any atom is 0.0813 e. The summed E-state index contributed by atoms with van der Waals surface area (Å²) in [6.07, 6.45) is 7.01. The summed E-state index contributed by atoms with van der Waals surface area (Å²) in [5.41, 5.74) is 8.04. The number of aromatic nitrogens is 1. The molecule has 24 heavy (non-hydrogen) atoms. The van der Waals surface area contributed by atoms with Crippen molar-refractivity contribution in [3.8, 4) is 0 Å². The number of benzene rings is 2. The predicted octanol–water partition coefficient (Wildman–Crippen LogP) is 4.39. The zero-order valence-electron chi connectivity index (χ0n) is 13.5. The van der Waals surface area contributed by atoms with Gasteiger partial charge in [0.05, 0.1) is 5.69 Å². The van der Waals surface area contributed by atoms with E-state index in [9.17, 15) is 0 Å². The molecule has 122 valence electrons. The van der Waals surface area contributed by atoms with Crippen LogP contribution in [0, 0.1) is 6.92 Å². The van der Waals surface area contributed by atoms with Crippen LogP contribution in [0.3, 0.4) is 0 Å². The van der Waals surface area contributed by atoms with Gasteiger partial charge in [-0.3, -0.25) is 10.4 Å². The molecule has 0 atom stereocenters. The molecule has 3 aromatic rings. The number of nitrogens with one attached hydrogen (secondary N) is 2. The van der Waals surface area contributed by atoms with Crippen molar-refractivity contribution < 1.29 is 0 Å². The van der Waals surface area contributed by atoms with Gasteiger partial charge in [-0.1, -0.05) is 29.3 Å². The van der Waals surface area contributed by atoms with E-state index in [2.05, 4.69) is 64.1 Å². The fourth-order valence-electron chi connectivity index (χ4n) is 3.01. The van der Waals surface area contributed by atoms with Crippen LogP contribution in [0.4, 0.5) is 5.69 Å². The van der Waals surface area contributed by atoms with Crippen molar-refractivity contribution in [2.45, 2.75) is 13.3 Å². The number of anilines is 1. The van der Waals surface area contributed by atoms with Crippen molar-refractivity contribution in [2.24, 2.45) is 0 Å². The third-order valence-electron chi connectivity index (χ3n) is 4.32. The molecule has 2 aromatic carbocycles. The fourth-order valence-corrected chi connectivity index (χ4v) is 3.18. The highest BCUT2D eigenvalue weighted by Crippen LogP contribution is 2.24. The number of nitrogens with zero attached hydrogens (tertiary/aromatic N) is 2. The molecule has 4 rings (SSSR count). The maximum absolute atomic E-state index is 6.14. The molecule has 0 radical (unpaired) electrons. The third-order valence-corrected chi connectivity index (χ3v) is 4.55. The monoisotopic (exact) mass is 338 g/mol. The Hall–Kier alpha value is -2.59. The van der Waals surface area contributed by atoms with E-state index >= 15 is 0 Å². The van der Waals surface area contributed by atoms with Gasteiger partial charge in [0.1, 0.15) is 0 Å². The molecule has 4 nitrogen and oxygen atoms in total. The second-order valence-corrected chi connectivity index (χ2v) is 6.45. The van der Waals surface area contributed by atoms with Crippen molar-refractivity contribution in [1.82, 2.24) is 15.4 Å². The van der Waals surface area contributed by atoms with Crippen LogP contribution in [-0.4, -0.2) is 16.5 Å². The van der Waals surface area contributed by atoms with Gasteiger partial charge in [0, 0.05) is 41.1 Å². The normalized spacial score (nSPS) is 13.8. The van der Waals surface area contributed by atoms with E-state index in [1.165, 1.54) is 16.5 Å². The van der Waals surface area contributed by atoms with Gasteiger partial charge in [-0.15, -0.1) is 0 Å². The zero-order chi connectivity index (χ0) is 16.5. The molecule has 0 amide bonds. The minimum absolute atomic E-state index is 0.771. The van der Waals surface area contributed by atoms with Crippen molar-refractivity contribution >= 4 is 28.2 Å². The molecule has 0 saturated carbocycles. The van der Waals surface area contributed by atoms with Crippen LogP contribution < -0.4 is 10.5 Å². The highest BCUT2D eigenvalue weighted by molar-refractivity contribution is 6.31. The summed E-state index contributed by atoms with van der Waals surface area (Å²) in [4.78, 5) is 3.32. The Morgan fingerprint density at radius 2 is 1.92 bits per heavy atom. The van der Waals surface area contributed by atoms with Crippen molar-refractivity contribution in [3.63, 3.8) is 0 Å². The van der Waals surface area contributed by atoms with Crippen molar-refractivity contribution in [2.75, 3.05) is 11.7 Å². The summed E-state index contributed by atoms with van der Waals surface area (Å²) in [7, 11) is 0. The van der Waals surface area contributed by atoms with Crippen molar-refractivity contribution in [3.05, 3.63) is 77.2 Å². The first-order valence-corrected chi connectivity index (χ1v) is 8.40. The van der Waals surface area contributed by atoms with Gasteiger partial charge >= 0.3 is 0 Å². The zero-order valence-corrected chi connectivity index (χ0v) is 14.2. The van der Waals surface area contributed by atoms with Gasteiger partial charge in [-0.2, -0.15) is 5.12 Å². The summed E-state index contributed by atoms with van der Waals surface area (Å²) in [6.45, 7) is 2.97. The number of aryl methyl sites for hydroxylation is 1. The third kappa shape index (κ3) is 2.81. The molecule has 1 aromatic heterocycles. The van der Waals surface area contributed by atoms with Crippen molar-refractivity contribution in [1.29, 1.82) is 0 Å². The van der Waals surface area contributed by atoms with E-state index in [4.69, 9.17) is 11.6 Å². The van der Waals surface area contributed by atoms with Gasteiger partial charge in [0.15, 0.2) is 0 Å². The molecular formula is C19H19ClN4. The molecule has 0 unspecified atom stereocenters. The molecule has 0 saturated heterocycles. The lowest BCUT2D eigenvalue weighted by molar-refractivity contribution is 0.352. The minimum atomic E-state index is 0.771. The molecule has 5 heteroatoms. The van der Waals surface area contributed by atoms with Gasteiger partial charge in [0.2, 0.25) is 0 Å². The highest BCUT2D eigenvalue weighted by Gasteiger charge is 2.17. The Bertz CT molecular complexity index is 882. The largest absolute Gasteiger partial charge is 0.361 e. The van der Waals surface area contributed by atoms with E-state index in [1.807, 2.05) is 24.4 Å². The minimum Gasteiger partial charge on any atom is -0.361 e.